The van der Waals surface area contributed by atoms with Gasteiger partial charge in [0.25, 0.3) is 0 Å². The van der Waals surface area contributed by atoms with Crippen molar-refractivity contribution in [2.45, 2.75) is 31.7 Å². The molecule has 0 fully saturated rings. The summed E-state index contributed by atoms with van der Waals surface area (Å²) in [5, 5.41) is 12.5. The van der Waals surface area contributed by atoms with Crippen LogP contribution in [0.25, 0.3) is 0 Å². The van der Waals surface area contributed by atoms with E-state index in [-0.39, 0.29) is 11.8 Å². The van der Waals surface area contributed by atoms with Crippen molar-refractivity contribution in [2.75, 3.05) is 5.32 Å². The lowest BCUT2D eigenvalue weighted by molar-refractivity contribution is -0.139. The number of hydrogen-bond donors (Lipinski definition) is 2. The molecule has 3 nitrogen and oxygen atoms in total. The smallest absolute Gasteiger partial charge is 0.326 e. The van der Waals surface area contributed by atoms with Crippen molar-refractivity contribution >= 4 is 11.7 Å². The van der Waals surface area contributed by atoms with Crippen molar-refractivity contribution in [3.8, 4) is 0 Å². The van der Waals surface area contributed by atoms with E-state index in [1.54, 1.807) is 0 Å². The monoisotopic (exact) mass is 243 g/mol. The van der Waals surface area contributed by atoms with Gasteiger partial charge in [0.2, 0.25) is 0 Å². The largest absolute Gasteiger partial charge is 0.480 e. The molecule has 3 unspecified atom stereocenters. The average molecular weight is 243 g/mol. The van der Waals surface area contributed by atoms with Gasteiger partial charge in [0, 0.05) is 17.5 Å². The molecule has 18 heavy (non-hydrogen) atoms. The number of allylic oxidation sites excluding steroid dienone is 2. The van der Waals surface area contributed by atoms with E-state index in [0.717, 1.165) is 18.5 Å². The molecule has 1 aromatic rings. The molecule has 1 aromatic carbocycles. The Labute approximate surface area is 107 Å². The topological polar surface area (TPSA) is 49.3 Å². The minimum Gasteiger partial charge on any atom is -0.480 e. The highest BCUT2D eigenvalue weighted by atomic mass is 16.4. The molecule has 2 N–H and O–H groups in total. The molecule has 3 rings (SSSR count). The van der Waals surface area contributed by atoms with Gasteiger partial charge in [-0.2, -0.15) is 0 Å². The van der Waals surface area contributed by atoms with Crippen LogP contribution >= 0.6 is 0 Å². The van der Waals surface area contributed by atoms with Gasteiger partial charge in [-0.25, -0.2) is 4.79 Å². The highest BCUT2D eigenvalue weighted by Gasteiger charge is 2.40. The Bertz CT molecular complexity index is 521. The van der Waals surface area contributed by atoms with Crippen LogP contribution < -0.4 is 5.32 Å². The summed E-state index contributed by atoms with van der Waals surface area (Å²) >= 11 is 0. The summed E-state index contributed by atoms with van der Waals surface area (Å²) in [4.78, 5) is 11.3. The summed E-state index contributed by atoms with van der Waals surface area (Å²) in [6.45, 7) is 2.14. The highest BCUT2D eigenvalue weighted by molar-refractivity contribution is 5.80. The van der Waals surface area contributed by atoms with Gasteiger partial charge in [0.05, 0.1) is 0 Å². The zero-order valence-electron chi connectivity index (χ0n) is 10.4. The molecule has 0 saturated carbocycles. The fourth-order valence-corrected chi connectivity index (χ4v) is 3.11. The third-order valence-electron chi connectivity index (χ3n) is 4.10. The summed E-state index contributed by atoms with van der Waals surface area (Å²) in [6.07, 6.45) is 6.14. The molecular formula is C15H17NO2. The number of fused-ring (bicyclic) bond motifs is 3. The fourth-order valence-electron chi connectivity index (χ4n) is 3.11. The molecule has 0 spiro atoms. The first-order valence-corrected chi connectivity index (χ1v) is 6.49. The molecule has 1 heterocycles. The SMILES string of the molecule is CCc1ccc2c(c1)C1C=CCC1C(C(=O)O)N2. The minimum absolute atomic E-state index is 0.155. The molecule has 1 aliphatic heterocycles. The van der Waals surface area contributed by atoms with Gasteiger partial charge in [-0.3, -0.25) is 0 Å². The minimum atomic E-state index is -0.751. The van der Waals surface area contributed by atoms with Gasteiger partial charge in [0.15, 0.2) is 0 Å². The maximum Gasteiger partial charge on any atom is 0.326 e. The van der Waals surface area contributed by atoms with Gasteiger partial charge in [-0.15, -0.1) is 0 Å². The van der Waals surface area contributed by atoms with E-state index < -0.39 is 12.0 Å². The van der Waals surface area contributed by atoms with Crippen molar-refractivity contribution in [1.29, 1.82) is 0 Å². The molecule has 0 amide bonds. The Kier molecular flexibility index (Phi) is 2.62. The predicted molar refractivity (Wildman–Crippen MR) is 70.9 cm³/mol. The second-order valence-electron chi connectivity index (χ2n) is 5.09. The predicted octanol–water partition coefficient (Wildman–Crippen LogP) is 2.79. The first-order chi connectivity index (χ1) is 8.70. The van der Waals surface area contributed by atoms with Crippen LogP contribution in [0.1, 0.15) is 30.4 Å². The fraction of sp³-hybridized carbons (Fsp3) is 0.400. The Morgan fingerprint density at radius 2 is 2.33 bits per heavy atom. The van der Waals surface area contributed by atoms with Crippen LogP contribution in [0.5, 0.6) is 0 Å². The highest BCUT2D eigenvalue weighted by Crippen LogP contribution is 2.44. The van der Waals surface area contributed by atoms with E-state index in [1.165, 1.54) is 11.1 Å². The number of aryl methyl sites for hydroxylation is 1. The zero-order chi connectivity index (χ0) is 12.7. The van der Waals surface area contributed by atoms with Crippen LogP contribution in [0.4, 0.5) is 5.69 Å². The lowest BCUT2D eigenvalue weighted by atomic mass is 9.79. The number of rotatable bonds is 2. The lowest BCUT2D eigenvalue weighted by Crippen LogP contribution is -2.41. The normalized spacial score (nSPS) is 28.4. The van der Waals surface area contributed by atoms with Gasteiger partial charge in [0.1, 0.15) is 6.04 Å². The number of anilines is 1. The Hall–Kier alpha value is -1.77. The third kappa shape index (κ3) is 1.62. The summed E-state index contributed by atoms with van der Waals surface area (Å²) < 4.78 is 0. The van der Waals surface area contributed by atoms with Crippen molar-refractivity contribution in [3.05, 3.63) is 41.5 Å². The summed E-state index contributed by atoms with van der Waals surface area (Å²) in [5.74, 6) is -0.338. The molecule has 0 aromatic heterocycles. The zero-order valence-corrected chi connectivity index (χ0v) is 10.4. The van der Waals surface area contributed by atoms with E-state index in [9.17, 15) is 9.90 Å². The van der Waals surface area contributed by atoms with E-state index in [1.807, 2.05) is 6.07 Å². The van der Waals surface area contributed by atoms with Gasteiger partial charge >= 0.3 is 5.97 Å². The summed E-state index contributed by atoms with van der Waals surface area (Å²) in [6, 6.07) is 5.84. The van der Waals surface area contributed by atoms with Crippen molar-refractivity contribution in [2.24, 2.45) is 5.92 Å². The molecular weight excluding hydrogens is 226 g/mol. The number of carboxylic acids is 1. The third-order valence-corrected chi connectivity index (χ3v) is 4.10. The average Bonchev–Trinajstić information content (AvgIpc) is 2.86. The van der Waals surface area contributed by atoms with Gasteiger partial charge in [-0.05, 0) is 30.0 Å². The molecule has 94 valence electrons. The van der Waals surface area contributed by atoms with Crippen LogP contribution in [0.3, 0.4) is 0 Å². The maximum atomic E-state index is 11.3. The molecule has 3 atom stereocenters. The van der Waals surface area contributed by atoms with Gasteiger partial charge in [-0.1, -0.05) is 31.2 Å². The Balaban J connectivity index is 2.06. The molecule has 3 heteroatoms. The first-order valence-electron chi connectivity index (χ1n) is 6.49. The number of nitrogens with one attached hydrogen (secondary N) is 1. The van der Waals surface area contributed by atoms with Crippen molar-refractivity contribution < 1.29 is 9.90 Å². The van der Waals surface area contributed by atoms with E-state index in [2.05, 4.69) is 36.5 Å². The Morgan fingerprint density at radius 3 is 3.06 bits per heavy atom. The van der Waals surface area contributed by atoms with Crippen LogP contribution in [0, 0.1) is 5.92 Å². The molecule has 0 saturated heterocycles. The van der Waals surface area contributed by atoms with E-state index in [0.29, 0.717) is 0 Å². The molecule has 0 radical (unpaired) electrons. The molecule has 2 aliphatic rings. The second-order valence-corrected chi connectivity index (χ2v) is 5.09. The van der Waals surface area contributed by atoms with Crippen LogP contribution in [0.2, 0.25) is 0 Å². The first kappa shape index (κ1) is 11.3. The number of benzene rings is 1. The Morgan fingerprint density at radius 1 is 1.50 bits per heavy atom. The summed E-state index contributed by atoms with van der Waals surface area (Å²) in [7, 11) is 0. The summed E-state index contributed by atoms with van der Waals surface area (Å²) in [5.41, 5.74) is 3.54. The van der Waals surface area contributed by atoms with E-state index >= 15 is 0 Å². The van der Waals surface area contributed by atoms with Crippen molar-refractivity contribution in [1.82, 2.24) is 0 Å². The molecule has 0 bridgehead atoms. The number of carboxylic acid groups (broad SMARTS) is 1. The van der Waals surface area contributed by atoms with Gasteiger partial charge < -0.3 is 10.4 Å². The van der Waals surface area contributed by atoms with E-state index in [4.69, 9.17) is 0 Å². The van der Waals surface area contributed by atoms with Crippen molar-refractivity contribution in [3.63, 3.8) is 0 Å². The number of hydrogen-bond acceptors (Lipinski definition) is 2. The second kappa shape index (κ2) is 4.16. The van der Waals surface area contributed by atoms with Crippen LogP contribution in [0.15, 0.2) is 30.4 Å². The van der Waals surface area contributed by atoms with Crippen LogP contribution in [-0.4, -0.2) is 17.1 Å². The quantitative estimate of drug-likeness (QED) is 0.785. The number of carbonyl (C=O) groups is 1. The van der Waals surface area contributed by atoms with Crippen LogP contribution in [-0.2, 0) is 11.2 Å². The maximum absolute atomic E-state index is 11.3. The lowest BCUT2D eigenvalue weighted by Gasteiger charge is -2.35. The molecule has 1 aliphatic carbocycles. The standard InChI is InChI=1S/C15H17NO2/c1-2-9-6-7-13-12(8-9)10-4-3-5-11(10)14(16-13)15(17)18/h3-4,6-8,10-11,14,16H,2,5H2,1H3,(H,17,18). The number of aliphatic carboxylic acids is 1.